The predicted octanol–water partition coefficient (Wildman–Crippen LogP) is 5.36. The lowest BCUT2D eigenvalue weighted by Crippen LogP contribution is -2.59. The normalized spacial score (nSPS) is 27.3. The van der Waals surface area contributed by atoms with Crippen LogP contribution in [0.25, 0.3) is 0 Å². The molecule has 1 aromatic carbocycles. The molecule has 2 aromatic rings. The molecule has 2 unspecified atom stereocenters. The molecule has 0 spiro atoms. The van der Waals surface area contributed by atoms with Crippen LogP contribution in [0.4, 0.5) is 0 Å². The lowest BCUT2D eigenvalue weighted by molar-refractivity contribution is -0.141. The highest BCUT2D eigenvalue weighted by molar-refractivity contribution is 6.30. The molecule has 8 nitrogen and oxygen atoms in total. The third kappa shape index (κ3) is 7.11. The van der Waals surface area contributed by atoms with Crippen LogP contribution in [0.2, 0.25) is 5.02 Å². The summed E-state index contributed by atoms with van der Waals surface area (Å²) in [5, 5.41) is 8.39. The predicted molar refractivity (Wildman–Crippen MR) is 168 cm³/mol. The molecule has 4 aliphatic rings. The van der Waals surface area contributed by atoms with Gasteiger partial charge in [-0.2, -0.15) is 5.10 Å². The van der Waals surface area contributed by atoms with Crippen LogP contribution < -0.4 is 5.32 Å². The van der Waals surface area contributed by atoms with Gasteiger partial charge in [0.05, 0.1) is 6.04 Å². The van der Waals surface area contributed by atoms with Gasteiger partial charge < -0.3 is 10.2 Å². The molecule has 4 fully saturated rings. The number of amides is 2. The number of likely N-dealkylation sites (N-methyl/N-ethyl adjacent to an activating group) is 1. The Hall–Kier alpha value is -2.45. The van der Waals surface area contributed by atoms with Gasteiger partial charge in [-0.3, -0.25) is 19.2 Å². The first-order chi connectivity index (χ1) is 20.9. The van der Waals surface area contributed by atoms with Crippen molar-refractivity contribution in [2.75, 3.05) is 26.7 Å². The molecule has 6 rings (SSSR count). The molecule has 0 bridgehead atoms. The summed E-state index contributed by atoms with van der Waals surface area (Å²) in [6.07, 6.45) is 18.2. The van der Waals surface area contributed by atoms with Gasteiger partial charge in [-0.15, -0.1) is 0 Å². The van der Waals surface area contributed by atoms with Gasteiger partial charge in [-0.25, -0.2) is 4.98 Å². The zero-order valence-electron chi connectivity index (χ0n) is 25.8. The number of rotatable bonds is 8. The number of hydrogen-bond donors (Lipinski definition) is 1. The van der Waals surface area contributed by atoms with E-state index in [4.69, 9.17) is 11.6 Å². The molecule has 0 radical (unpaired) electrons. The Balaban J connectivity index is 1.16. The van der Waals surface area contributed by atoms with E-state index in [2.05, 4.69) is 27.3 Å². The number of carbonyl (C=O) groups excluding carboxylic acids is 2. The van der Waals surface area contributed by atoms with E-state index in [0.717, 1.165) is 37.9 Å². The zero-order valence-corrected chi connectivity index (χ0v) is 26.6. The number of nitrogens with one attached hydrogen (secondary N) is 1. The van der Waals surface area contributed by atoms with E-state index in [1.165, 1.54) is 57.8 Å². The average molecular weight is 609 g/mol. The van der Waals surface area contributed by atoms with E-state index < -0.39 is 6.04 Å². The molecule has 1 N–H and O–H groups in total. The monoisotopic (exact) mass is 608 g/mol. The summed E-state index contributed by atoms with van der Waals surface area (Å²) in [6, 6.07) is 6.89. The minimum atomic E-state index is -0.594. The summed E-state index contributed by atoms with van der Waals surface area (Å²) in [4.78, 5) is 36.6. The molecule has 2 saturated carbocycles. The number of nitrogens with zero attached hydrogens (tertiary/aromatic N) is 5. The van der Waals surface area contributed by atoms with Crippen LogP contribution in [0.3, 0.4) is 0 Å². The third-order valence-corrected chi connectivity index (χ3v) is 11.7. The first-order valence-electron chi connectivity index (χ1n) is 16.8. The van der Waals surface area contributed by atoms with Crippen LogP contribution in [0, 0.1) is 23.2 Å². The van der Waals surface area contributed by atoms with Gasteiger partial charge in [0.1, 0.15) is 18.7 Å². The maximum absolute atomic E-state index is 14.2. The maximum atomic E-state index is 14.2. The first kappa shape index (κ1) is 30.6. The molecular weight excluding hydrogens is 560 g/mol. The molecule has 2 aliphatic heterocycles. The molecular formula is C34H49ClN6O2. The number of hydrogen-bond acceptors (Lipinski definition) is 5. The number of aromatic nitrogens is 3. The molecule has 1 aromatic heterocycles. The van der Waals surface area contributed by atoms with E-state index in [9.17, 15) is 9.59 Å². The Morgan fingerprint density at radius 2 is 1.70 bits per heavy atom. The Kier molecular flexibility index (Phi) is 9.72. The van der Waals surface area contributed by atoms with Gasteiger partial charge in [-0.05, 0) is 86.4 Å². The van der Waals surface area contributed by atoms with Crippen LogP contribution in [-0.4, -0.2) is 75.1 Å². The molecule has 234 valence electrons. The number of fused-ring (bicyclic) bond motifs is 1. The number of carbonyl (C=O) groups is 2. The Morgan fingerprint density at radius 3 is 2.40 bits per heavy atom. The molecule has 2 saturated heterocycles. The van der Waals surface area contributed by atoms with Crippen molar-refractivity contribution >= 4 is 23.4 Å². The van der Waals surface area contributed by atoms with Crippen molar-refractivity contribution in [3.63, 3.8) is 0 Å². The molecule has 4 atom stereocenters. The summed E-state index contributed by atoms with van der Waals surface area (Å²) in [6.45, 7) is 3.26. The summed E-state index contributed by atoms with van der Waals surface area (Å²) in [5.41, 5.74) is 1.13. The highest BCUT2D eigenvalue weighted by Crippen LogP contribution is 2.47. The quantitative estimate of drug-likeness (QED) is 0.436. The van der Waals surface area contributed by atoms with E-state index >= 15 is 0 Å². The summed E-state index contributed by atoms with van der Waals surface area (Å²) >= 11 is 6.17. The second kappa shape index (κ2) is 13.7. The Morgan fingerprint density at radius 1 is 1.00 bits per heavy atom. The fourth-order valence-electron chi connectivity index (χ4n) is 8.87. The molecule has 9 heteroatoms. The van der Waals surface area contributed by atoms with Gasteiger partial charge >= 0.3 is 0 Å². The molecule has 2 aliphatic carbocycles. The van der Waals surface area contributed by atoms with Crippen LogP contribution in [-0.2, 0) is 22.6 Å². The van der Waals surface area contributed by atoms with Crippen LogP contribution in [0.1, 0.15) is 82.6 Å². The van der Waals surface area contributed by atoms with Crippen molar-refractivity contribution in [1.29, 1.82) is 0 Å². The largest absolute Gasteiger partial charge is 0.343 e. The number of likely N-dealkylation sites (tertiary alicyclic amines) is 2. The van der Waals surface area contributed by atoms with Crippen molar-refractivity contribution in [1.82, 2.24) is 29.9 Å². The second-order valence-corrected chi connectivity index (χ2v) is 14.4. The van der Waals surface area contributed by atoms with Crippen molar-refractivity contribution in [2.24, 2.45) is 23.2 Å². The standard InChI is InChI=1S/C34H49ClN6O2/c1-39-21-27-8-6-5-7-26(27)20-31(39)32(42)38-30(19-25-11-13-29(35)14-12-25)33(43)40-17-15-34(16-18-40,22-41-24-36-23-37-41)28-9-3-2-4-10-28/h11-14,23-24,26-28,30-31H,2-10,15-22H2,1H3,(H,38,42)/t26?,27?,30-,31-/m1/s1. The van der Waals surface area contributed by atoms with Gasteiger partial charge in [0.25, 0.3) is 0 Å². The fourth-order valence-corrected chi connectivity index (χ4v) is 9.00. The lowest BCUT2D eigenvalue weighted by Gasteiger charge is -2.48. The van der Waals surface area contributed by atoms with Gasteiger partial charge in [0.2, 0.25) is 11.8 Å². The average Bonchev–Trinajstić information content (AvgIpc) is 3.54. The van der Waals surface area contributed by atoms with Crippen molar-refractivity contribution in [3.8, 4) is 0 Å². The van der Waals surface area contributed by atoms with Crippen LogP contribution in [0.15, 0.2) is 36.9 Å². The molecule has 3 heterocycles. The number of halogens is 1. The van der Waals surface area contributed by atoms with Crippen molar-refractivity contribution in [3.05, 3.63) is 47.5 Å². The van der Waals surface area contributed by atoms with Crippen molar-refractivity contribution < 1.29 is 9.59 Å². The van der Waals surface area contributed by atoms with Gasteiger partial charge in [0.15, 0.2) is 0 Å². The lowest BCUT2D eigenvalue weighted by atomic mass is 9.63. The first-order valence-corrected chi connectivity index (χ1v) is 17.1. The minimum Gasteiger partial charge on any atom is -0.343 e. The highest BCUT2D eigenvalue weighted by atomic mass is 35.5. The fraction of sp³-hybridized carbons (Fsp3) is 0.706. The van der Waals surface area contributed by atoms with Gasteiger partial charge in [-0.1, -0.05) is 62.3 Å². The van der Waals surface area contributed by atoms with Gasteiger partial charge in [0, 0.05) is 37.6 Å². The Bertz CT molecular complexity index is 1210. The topological polar surface area (TPSA) is 83.4 Å². The maximum Gasteiger partial charge on any atom is 0.245 e. The van der Waals surface area contributed by atoms with E-state index in [1.807, 2.05) is 40.2 Å². The van der Waals surface area contributed by atoms with E-state index in [1.54, 1.807) is 6.33 Å². The summed E-state index contributed by atoms with van der Waals surface area (Å²) in [7, 11) is 2.08. The van der Waals surface area contributed by atoms with E-state index in [-0.39, 0.29) is 23.3 Å². The third-order valence-electron chi connectivity index (χ3n) is 11.4. The van der Waals surface area contributed by atoms with Crippen molar-refractivity contribution in [2.45, 2.75) is 102 Å². The summed E-state index contributed by atoms with van der Waals surface area (Å²) in [5.74, 6) is 2.00. The number of piperidine rings is 2. The van der Waals surface area contributed by atoms with Crippen LogP contribution in [0.5, 0.6) is 0 Å². The molecule has 2 amide bonds. The zero-order chi connectivity index (χ0) is 29.8. The van der Waals surface area contributed by atoms with E-state index in [0.29, 0.717) is 42.3 Å². The second-order valence-electron chi connectivity index (χ2n) is 14.0. The smallest absolute Gasteiger partial charge is 0.245 e. The number of benzene rings is 1. The Labute approximate surface area is 261 Å². The summed E-state index contributed by atoms with van der Waals surface area (Å²) < 4.78 is 1.99. The SMILES string of the molecule is CN1CC2CCCCC2C[C@@H]1C(=O)N[C@H](Cc1ccc(Cl)cc1)C(=O)N1CCC(Cn2cncn2)(C2CCCCC2)CC1. The van der Waals surface area contributed by atoms with Crippen LogP contribution >= 0.6 is 11.6 Å². The highest BCUT2D eigenvalue weighted by Gasteiger charge is 2.44. The minimum absolute atomic E-state index is 0.00131. The molecule has 43 heavy (non-hydrogen) atoms.